The van der Waals surface area contributed by atoms with E-state index in [1.54, 1.807) is 6.07 Å². The Hall–Kier alpha value is -0.590. The van der Waals surface area contributed by atoms with Gasteiger partial charge in [0.1, 0.15) is 0 Å². The summed E-state index contributed by atoms with van der Waals surface area (Å²) in [6.45, 7) is 19.3. The Kier molecular flexibility index (Phi) is 86.5. The van der Waals surface area contributed by atoms with Gasteiger partial charge in [-0.2, -0.15) is 5.26 Å². The number of rotatable bonds is 5. The standard InChI is InChI=1S/C7H16O.C3H5NO.3C2H6/c1-4-6-8-7(3)5-2;4-2-1-3-5;3*1-2/h7H,4-6H2,1-3H3;5H,1,3H2;3*1-2H3. The van der Waals surface area contributed by atoms with Gasteiger partial charge in [0, 0.05) is 6.61 Å². The van der Waals surface area contributed by atoms with Gasteiger partial charge in [-0.05, 0) is 19.8 Å². The van der Waals surface area contributed by atoms with Crippen LogP contribution in [0.1, 0.15) is 81.6 Å². The molecule has 0 radical (unpaired) electrons. The summed E-state index contributed by atoms with van der Waals surface area (Å²) < 4.78 is 5.34. The first-order chi connectivity index (χ1) is 9.22. The van der Waals surface area contributed by atoms with Crippen LogP contribution in [0.5, 0.6) is 0 Å². The van der Waals surface area contributed by atoms with Gasteiger partial charge in [0.15, 0.2) is 0 Å². The average molecular weight is 277 g/mol. The largest absolute Gasteiger partial charge is 0.395 e. The third kappa shape index (κ3) is 75.3. The number of aliphatic hydroxyl groups excluding tert-OH is 1. The molecule has 3 nitrogen and oxygen atoms in total. The molecule has 0 fully saturated rings. The number of nitriles is 1. The minimum atomic E-state index is -0.0174. The van der Waals surface area contributed by atoms with Gasteiger partial charge in [0.2, 0.25) is 0 Å². The molecule has 0 aliphatic rings. The molecule has 0 aromatic carbocycles. The number of aliphatic hydroxyl groups is 1. The van der Waals surface area contributed by atoms with E-state index in [0.717, 1.165) is 19.4 Å². The van der Waals surface area contributed by atoms with Gasteiger partial charge >= 0.3 is 0 Å². The summed E-state index contributed by atoms with van der Waals surface area (Å²) in [7, 11) is 0. The summed E-state index contributed by atoms with van der Waals surface area (Å²) in [5.74, 6) is 0. The molecule has 0 heterocycles. The third-order valence-corrected chi connectivity index (χ3v) is 1.41. The van der Waals surface area contributed by atoms with Crippen molar-refractivity contribution in [3.05, 3.63) is 0 Å². The van der Waals surface area contributed by atoms with E-state index < -0.39 is 0 Å². The Morgan fingerprint density at radius 2 is 1.47 bits per heavy atom. The smallest absolute Gasteiger partial charge is 0.0645 e. The van der Waals surface area contributed by atoms with Crippen molar-refractivity contribution in [2.75, 3.05) is 13.2 Å². The second-order valence-corrected chi connectivity index (χ2v) is 2.72. The maximum Gasteiger partial charge on any atom is 0.0645 e. The second-order valence-electron chi connectivity index (χ2n) is 2.72. The minimum Gasteiger partial charge on any atom is -0.395 e. The predicted octanol–water partition coefficient (Wildman–Crippen LogP) is 5.18. The molecule has 0 saturated carbocycles. The van der Waals surface area contributed by atoms with Crippen molar-refractivity contribution in [2.24, 2.45) is 0 Å². The molecule has 0 rings (SSSR count). The van der Waals surface area contributed by atoms with Crippen molar-refractivity contribution in [3.63, 3.8) is 0 Å². The fourth-order valence-corrected chi connectivity index (χ4v) is 0.487. The van der Waals surface area contributed by atoms with Crippen LogP contribution >= 0.6 is 0 Å². The summed E-state index contributed by atoms with van der Waals surface area (Å²) in [5.41, 5.74) is 0. The highest BCUT2D eigenvalue weighted by Crippen LogP contribution is 1.95. The van der Waals surface area contributed by atoms with Crippen LogP contribution in [0.25, 0.3) is 0 Å². The summed E-state index contributed by atoms with van der Waals surface area (Å²) in [6.07, 6.45) is 2.96. The molecule has 0 aliphatic carbocycles. The van der Waals surface area contributed by atoms with Crippen LogP contribution in [-0.4, -0.2) is 24.4 Å². The Morgan fingerprint density at radius 1 is 1.05 bits per heavy atom. The Morgan fingerprint density at radius 3 is 1.63 bits per heavy atom. The van der Waals surface area contributed by atoms with Crippen LogP contribution < -0.4 is 0 Å². The lowest BCUT2D eigenvalue weighted by Gasteiger charge is -2.07. The van der Waals surface area contributed by atoms with Crippen molar-refractivity contribution in [1.82, 2.24) is 0 Å². The van der Waals surface area contributed by atoms with E-state index in [1.807, 2.05) is 41.5 Å². The van der Waals surface area contributed by atoms with Crippen LogP contribution in [-0.2, 0) is 4.74 Å². The summed E-state index contributed by atoms with van der Waals surface area (Å²) in [4.78, 5) is 0. The van der Waals surface area contributed by atoms with Crippen molar-refractivity contribution in [1.29, 1.82) is 5.26 Å². The number of hydrogen-bond donors (Lipinski definition) is 1. The van der Waals surface area contributed by atoms with Crippen LogP contribution in [0.15, 0.2) is 0 Å². The molecule has 120 valence electrons. The van der Waals surface area contributed by atoms with E-state index >= 15 is 0 Å². The lowest BCUT2D eigenvalue weighted by Crippen LogP contribution is -2.06. The number of ether oxygens (including phenoxy) is 1. The summed E-state index contributed by atoms with van der Waals surface area (Å²) >= 11 is 0. The van der Waals surface area contributed by atoms with Gasteiger partial charge in [0.25, 0.3) is 0 Å². The maximum atomic E-state index is 7.84. The van der Waals surface area contributed by atoms with E-state index in [1.165, 1.54) is 0 Å². The lowest BCUT2D eigenvalue weighted by molar-refractivity contribution is 0.0642. The van der Waals surface area contributed by atoms with Gasteiger partial charge in [-0.25, -0.2) is 0 Å². The zero-order chi connectivity index (χ0) is 16.5. The molecule has 0 amide bonds. The van der Waals surface area contributed by atoms with Crippen LogP contribution in [0, 0.1) is 11.3 Å². The van der Waals surface area contributed by atoms with Crippen LogP contribution in [0.3, 0.4) is 0 Å². The fraction of sp³-hybridized carbons (Fsp3) is 0.938. The van der Waals surface area contributed by atoms with Gasteiger partial charge in [-0.1, -0.05) is 55.4 Å². The highest BCUT2D eigenvalue weighted by Gasteiger charge is 1.93. The zero-order valence-electron chi connectivity index (χ0n) is 14.9. The molecule has 19 heavy (non-hydrogen) atoms. The molecule has 1 unspecified atom stereocenters. The zero-order valence-corrected chi connectivity index (χ0v) is 14.9. The summed E-state index contributed by atoms with van der Waals surface area (Å²) in [5, 5.41) is 15.5. The second kappa shape index (κ2) is 52.9. The number of hydrogen-bond acceptors (Lipinski definition) is 3. The van der Waals surface area contributed by atoms with Crippen molar-refractivity contribution >= 4 is 0 Å². The molecular formula is C16H39NO2. The van der Waals surface area contributed by atoms with E-state index in [9.17, 15) is 0 Å². The monoisotopic (exact) mass is 277 g/mol. The Bertz CT molecular complexity index is 122. The van der Waals surface area contributed by atoms with Gasteiger partial charge in [0.05, 0.1) is 25.2 Å². The van der Waals surface area contributed by atoms with E-state index in [0.29, 0.717) is 6.10 Å². The lowest BCUT2D eigenvalue weighted by atomic mass is 10.3. The van der Waals surface area contributed by atoms with Gasteiger partial charge < -0.3 is 9.84 Å². The molecular weight excluding hydrogens is 238 g/mol. The quantitative estimate of drug-likeness (QED) is 0.753. The molecule has 0 spiro atoms. The van der Waals surface area contributed by atoms with E-state index in [-0.39, 0.29) is 13.0 Å². The predicted molar refractivity (Wildman–Crippen MR) is 87.4 cm³/mol. The Balaban J connectivity index is -0.0000000513. The number of nitrogens with zero attached hydrogens (tertiary/aromatic N) is 1. The van der Waals surface area contributed by atoms with Gasteiger partial charge in [-0.3, -0.25) is 0 Å². The molecule has 1 N–H and O–H groups in total. The highest BCUT2D eigenvalue weighted by atomic mass is 16.5. The van der Waals surface area contributed by atoms with E-state index in [4.69, 9.17) is 15.1 Å². The normalized spacial score (nSPS) is 8.47. The molecule has 1 atom stereocenters. The SMILES string of the molecule is CC.CC.CC.CCCOC(C)CC.N#CCCO. The first-order valence-corrected chi connectivity index (χ1v) is 7.82. The van der Waals surface area contributed by atoms with E-state index in [2.05, 4.69) is 20.8 Å². The molecule has 0 saturated heterocycles. The summed E-state index contributed by atoms with van der Waals surface area (Å²) in [6, 6.07) is 1.77. The van der Waals surface area contributed by atoms with Crippen molar-refractivity contribution < 1.29 is 9.84 Å². The highest BCUT2D eigenvalue weighted by molar-refractivity contribution is 4.65. The first-order valence-electron chi connectivity index (χ1n) is 7.82. The molecule has 0 bridgehead atoms. The Labute approximate surface area is 123 Å². The van der Waals surface area contributed by atoms with Gasteiger partial charge in [-0.15, -0.1) is 0 Å². The third-order valence-electron chi connectivity index (χ3n) is 1.41. The average Bonchev–Trinajstić information content (AvgIpc) is 2.52. The van der Waals surface area contributed by atoms with Crippen LogP contribution in [0.2, 0.25) is 0 Å². The molecule has 0 aliphatic heterocycles. The minimum absolute atomic E-state index is 0.0174. The van der Waals surface area contributed by atoms with Crippen molar-refractivity contribution in [2.45, 2.75) is 87.7 Å². The molecule has 0 aromatic rings. The van der Waals surface area contributed by atoms with Crippen LogP contribution in [0.4, 0.5) is 0 Å². The topological polar surface area (TPSA) is 53.2 Å². The molecule has 0 aromatic heterocycles. The molecule has 3 heteroatoms. The fourth-order valence-electron chi connectivity index (χ4n) is 0.487. The van der Waals surface area contributed by atoms with Crippen molar-refractivity contribution in [3.8, 4) is 6.07 Å². The first kappa shape index (κ1) is 31.0. The maximum absolute atomic E-state index is 7.84.